The molecule has 1 aliphatic rings. The van der Waals surface area contributed by atoms with Crippen molar-refractivity contribution in [3.05, 3.63) is 17.0 Å². The molecule has 0 amide bonds. The number of piperidine rings is 1. The highest BCUT2D eigenvalue weighted by molar-refractivity contribution is 5.24. The van der Waals surface area contributed by atoms with E-state index < -0.39 is 0 Å². The van der Waals surface area contributed by atoms with E-state index in [1.165, 1.54) is 42.8 Å². The molecule has 0 radical (unpaired) electrons. The first-order valence-electron chi connectivity index (χ1n) is 6.99. The van der Waals surface area contributed by atoms with Crippen molar-refractivity contribution in [2.24, 2.45) is 7.05 Å². The first-order chi connectivity index (χ1) is 8.58. The van der Waals surface area contributed by atoms with Crippen molar-refractivity contribution >= 4 is 0 Å². The highest BCUT2D eigenvalue weighted by Gasteiger charge is 2.17. The molecule has 0 bridgehead atoms. The molecule has 4 heteroatoms. The second-order valence-electron chi connectivity index (χ2n) is 5.62. The average molecular weight is 250 g/mol. The fourth-order valence-electron chi connectivity index (χ4n) is 2.84. The van der Waals surface area contributed by atoms with E-state index in [1.807, 2.05) is 11.7 Å². The second-order valence-corrected chi connectivity index (χ2v) is 5.62. The van der Waals surface area contributed by atoms with E-state index in [0.29, 0.717) is 6.04 Å². The molecule has 0 aromatic carbocycles. The smallest absolute Gasteiger partial charge is 0.0641 e. The van der Waals surface area contributed by atoms with Gasteiger partial charge in [-0.05, 0) is 40.3 Å². The third-order valence-corrected chi connectivity index (χ3v) is 4.03. The predicted octanol–water partition coefficient (Wildman–Crippen LogP) is 1.61. The van der Waals surface area contributed by atoms with Gasteiger partial charge >= 0.3 is 0 Å². The number of nitrogens with zero attached hydrogens (tertiary/aromatic N) is 3. The van der Waals surface area contributed by atoms with E-state index in [0.717, 1.165) is 13.1 Å². The molecule has 1 atom stereocenters. The zero-order chi connectivity index (χ0) is 13.1. The molecule has 18 heavy (non-hydrogen) atoms. The number of hydrogen-bond donors (Lipinski definition) is 1. The van der Waals surface area contributed by atoms with Gasteiger partial charge < -0.3 is 10.2 Å². The van der Waals surface area contributed by atoms with Crippen molar-refractivity contribution in [1.29, 1.82) is 0 Å². The fourth-order valence-corrected chi connectivity index (χ4v) is 2.84. The second kappa shape index (κ2) is 5.85. The van der Waals surface area contributed by atoms with Crippen LogP contribution < -0.4 is 5.32 Å². The minimum atomic E-state index is 0.668. The molecule has 1 aromatic rings. The Balaban J connectivity index is 1.91. The van der Waals surface area contributed by atoms with Crippen molar-refractivity contribution < 1.29 is 0 Å². The number of rotatable bonds is 4. The average Bonchev–Trinajstić information content (AvgIpc) is 2.57. The summed E-state index contributed by atoms with van der Waals surface area (Å²) >= 11 is 0. The number of hydrogen-bond acceptors (Lipinski definition) is 3. The molecule has 0 saturated carbocycles. The van der Waals surface area contributed by atoms with Crippen LogP contribution in [0.4, 0.5) is 0 Å². The van der Waals surface area contributed by atoms with Crippen LogP contribution in [0.2, 0.25) is 0 Å². The predicted molar refractivity (Wildman–Crippen MR) is 74.7 cm³/mol. The lowest BCUT2D eigenvalue weighted by Crippen LogP contribution is -2.42. The summed E-state index contributed by atoms with van der Waals surface area (Å²) in [5.74, 6) is 0. The van der Waals surface area contributed by atoms with Gasteiger partial charge in [0.25, 0.3) is 0 Å². The van der Waals surface area contributed by atoms with Gasteiger partial charge in [-0.2, -0.15) is 5.10 Å². The van der Waals surface area contributed by atoms with E-state index in [1.54, 1.807) is 0 Å². The molecule has 4 nitrogen and oxygen atoms in total. The van der Waals surface area contributed by atoms with Gasteiger partial charge in [-0.25, -0.2) is 0 Å². The molecule has 2 heterocycles. The van der Waals surface area contributed by atoms with E-state index in [9.17, 15) is 0 Å². The third kappa shape index (κ3) is 3.12. The first kappa shape index (κ1) is 13.6. The molecule has 1 N–H and O–H groups in total. The van der Waals surface area contributed by atoms with Gasteiger partial charge in [-0.3, -0.25) is 4.68 Å². The summed E-state index contributed by atoms with van der Waals surface area (Å²) in [7, 11) is 4.23. The number of aryl methyl sites for hydroxylation is 2. The summed E-state index contributed by atoms with van der Waals surface area (Å²) < 4.78 is 1.98. The van der Waals surface area contributed by atoms with E-state index in [-0.39, 0.29) is 0 Å². The molecule has 0 unspecified atom stereocenters. The standard InChI is InChI=1S/C14H26N4/c1-11-14(12(2)18(4)16-11)10-17(3)9-13-7-5-6-8-15-13/h13,15H,5-10H2,1-4H3/t13-/m1/s1. The molecule has 2 rings (SSSR count). The van der Waals surface area contributed by atoms with Gasteiger partial charge in [0, 0.05) is 37.4 Å². The van der Waals surface area contributed by atoms with Crippen LogP contribution in [0.15, 0.2) is 0 Å². The summed E-state index contributed by atoms with van der Waals surface area (Å²) in [5, 5.41) is 8.09. The van der Waals surface area contributed by atoms with Crippen molar-refractivity contribution in [3.63, 3.8) is 0 Å². The Morgan fingerprint density at radius 2 is 2.17 bits per heavy atom. The highest BCUT2D eigenvalue weighted by Crippen LogP contribution is 2.15. The zero-order valence-corrected chi connectivity index (χ0v) is 12.2. The van der Waals surface area contributed by atoms with Crippen molar-refractivity contribution in [2.45, 2.75) is 45.7 Å². The molecule has 0 spiro atoms. The summed E-state index contributed by atoms with van der Waals surface area (Å²) in [4.78, 5) is 2.42. The van der Waals surface area contributed by atoms with Crippen LogP contribution in [0.5, 0.6) is 0 Å². The van der Waals surface area contributed by atoms with Crippen LogP contribution in [-0.4, -0.2) is 40.9 Å². The van der Waals surface area contributed by atoms with Gasteiger partial charge in [0.1, 0.15) is 0 Å². The molecule has 102 valence electrons. The Bertz CT molecular complexity index is 391. The molecule has 1 fully saturated rings. The van der Waals surface area contributed by atoms with Gasteiger partial charge in [0.05, 0.1) is 5.69 Å². The fraction of sp³-hybridized carbons (Fsp3) is 0.786. The minimum absolute atomic E-state index is 0.668. The maximum Gasteiger partial charge on any atom is 0.0641 e. The monoisotopic (exact) mass is 250 g/mol. The van der Waals surface area contributed by atoms with E-state index in [2.05, 4.69) is 36.2 Å². The Hall–Kier alpha value is -0.870. The van der Waals surface area contributed by atoms with Crippen LogP contribution in [0, 0.1) is 13.8 Å². The molecule has 1 aliphatic heterocycles. The number of nitrogens with one attached hydrogen (secondary N) is 1. The molecule has 0 aliphatic carbocycles. The summed E-state index contributed by atoms with van der Waals surface area (Å²) in [6.07, 6.45) is 4.02. The van der Waals surface area contributed by atoms with E-state index >= 15 is 0 Å². The molecular weight excluding hydrogens is 224 g/mol. The summed E-state index contributed by atoms with van der Waals surface area (Å²) in [6, 6.07) is 0.668. The highest BCUT2D eigenvalue weighted by atomic mass is 15.3. The Kier molecular flexibility index (Phi) is 4.40. The molecular formula is C14H26N4. The summed E-state index contributed by atoms with van der Waals surface area (Å²) in [6.45, 7) is 7.58. The Labute approximate surface area is 110 Å². The van der Waals surface area contributed by atoms with Crippen molar-refractivity contribution in [3.8, 4) is 0 Å². The van der Waals surface area contributed by atoms with Crippen LogP contribution >= 0.6 is 0 Å². The van der Waals surface area contributed by atoms with Crippen molar-refractivity contribution in [1.82, 2.24) is 20.0 Å². The van der Waals surface area contributed by atoms with Gasteiger partial charge in [0.2, 0.25) is 0 Å². The Morgan fingerprint density at radius 3 is 2.72 bits per heavy atom. The van der Waals surface area contributed by atoms with Gasteiger partial charge in [-0.1, -0.05) is 6.42 Å². The normalized spacial score (nSPS) is 20.6. The molecule has 1 aromatic heterocycles. The molecule has 1 saturated heterocycles. The van der Waals surface area contributed by atoms with Gasteiger partial charge in [-0.15, -0.1) is 0 Å². The SMILES string of the molecule is Cc1nn(C)c(C)c1CN(C)C[C@H]1CCCCN1. The number of aromatic nitrogens is 2. The largest absolute Gasteiger partial charge is 0.313 e. The first-order valence-corrected chi connectivity index (χ1v) is 6.99. The zero-order valence-electron chi connectivity index (χ0n) is 12.2. The van der Waals surface area contributed by atoms with Crippen LogP contribution in [0.3, 0.4) is 0 Å². The quantitative estimate of drug-likeness (QED) is 0.881. The van der Waals surface area contributed by atoms with Gasteiger partial charge in [0.15, 0.2) is 0 Å². The lowest BCUT2D eigenvalue weighted by Gasteiger charge is -2.28. The topological polar surface area (TPSA) is 33.1 Å². The lowest BCUT2D eigenvalue weighted by atomic mass is 10.0. The van der Waals surface area contributed by atoms with Crippen LogP contribution in [0.1, 0.15) is 36.2 Å². The maximum absolute atomic E-state index is 4.48. The van der Waals surface area contributed by atoms with Crippen molar-refractivity contribution in [2.75, 3.05) is 20.1 Å². The maximum atomic E-state index is 4.48. The van der Waals surface area contributed by atoms with Crippen LogP contribution in [0.25, 0.3) is 0 Å². The lowest BCUT2D eigenvalue weighted by molar-refractivity contribution is 0.256. The summed E-state index contributed by atoms with van der Waals surface area (Å²) in [5.41, 5.74) is 3.84. The van der Waals surface area contributed by atoms with E-state index in [4.69, 9.17) is 0 Å². The minimum Gasteiger partial charge on any atom is -0.313 e. The Morgan fingerprint density at radius 1 is 1.39 bits per heavy atom. The third-order valence-electron chi connectivity index (χ3n) is 4.03. The van der Waals surface area contributed by atoms with Crippen LogP contribution in [-0.2, 0) is 13.6 Å². The number of likely N-dealkylation sites (N-methyl/N-ethyl adjacent to an activating group) is 1.